The molecule has 2 rings (SSSR count). The van der Waals surface area contributed by atoms with Crippen LogP contribution in [0.5, 0.6) is 0 Å². The minimum Gasteiger partial charge on any atom is -0.403 e. The smallest absolute Gasteiger partial charge is 0.315 e. The molecule has 1 aromatic carbocycles. The molecule has 6 nitrogen and oxygen atoms in total. The Morgan fingerprint density at radius 3 is 2.50 bits per heavy atom. The minimum atomic E-state index is 0.389. The topological polar surface area (TPSA) is 66.2 Å². The first-order chi connectivity index (χ1) is 11.4. The lowest BCUT2D eigenvalue weighted by molar-refractivity contribution is 0.549. The summed E-state index contributed by atoms with van der Waals surface area (Å²) in [5.41, 5.74) is 5.19. The standard InChI is InChI=1S/C18H25N5O/c1-7-14(17-21-22-18(19-4)24-17)16(11-23(5)6)20-15-9-8-12(2)10-13(15)3/h7-11,20H,1-6H3,(H,19,22)/b14-7+,16-11+. The first kappa shape index (κ1) is 17.6. The molecule has 0 fully saturated rings. The van der Waals surface area contributed by atoms with E-state index in [1.54, 1.807) is 7.05 Å². The highest BCUT2D eigenvalue weighted by atomic mass is 16.4. The van der Waals surface area contributed by atoms with Gasteiger partial charge in [0.25, 0.3) is 5.89 Å². The van der Waals surface area contributed by atoms with Crippen molar-refractivity contribution in [1.29, 1.82) is 0 Å². The fraction of sp³-hybridized carbons (Fsp3) is 0.333. The van der Waals surface area contributed by atoms with Crippen molar-refractivity contribution in [1.82, 2.24) is 15.1 Å². The monoisotopic (exact) mass is 327 g/mol. The van der Waals surface area contributed by atoms with Crippen molar-refractivity contribution in [2.45, 2.75) is 20.8 Å². The quantitative estimate of drug-likeness (QED) is 0.790. The van der Waals surface area contributed by atoms with Gasteiger partial charge in [-0.05, 0) is 32.4 Å². The van der Waals surface area contributed by atoms with Gasteiger partial charge in [0, 0.05) is 33.0 Å². The molecular formula is C18H25N5O. The highest BCUT2D eigenvalue weighted by molar-refractivity contribution is 5.79. The molecule has 24 heavy (non-hydrogen) atoms. The van der Waals surface area contributed by atoms with E-state index in [0.29, 0.717) is 11.9 Å². The van der Waals surface area contributed by atoms with Gasteiger partial charge in [-0.15, -0.1) is 5.10 Å². The van der Waals surface area contributed by atoms with E-state index in [-0.39, 0.29) is 0 Å². The highest BCUT2D eigenvalue weighted by Gasteiger charge is 2.16. The summed E-state index contributed by atoms with van der Waals surface area (Å²) in [5.74, 6) is 0.465. The molecule has 0 atom stereocenters. The van der Waals surface area contributed by atoms with Crippen LogP contribution in [0.25, 0.3) is 5.57 Å². The van der Waals surface area contributed by atoms with Crippen LogP contribution < -0.4 is 10.6 Å². The second-order valence-corrected chi connectivity index (χ2v) is 5.81. The molecule has 1 aromatic heterocycles. The number of nitrogens with zero attached hydrogens (tertiary/aromatic N) is 3. The molecule has 128 valence electrons. The summed E-state index contributed by atoms with van der Waals surface area (Å²) < 4.78 is 5.63. The minimum absolute atomic E-state index is 0.389. The molecule has 0 spiro atoms. The van der Waals surface area contributed by atoms with Gasteiger partial charge in [0.15, 0.2) is 0 Å². The van der Waals surface area contributed by atoms with Gasteiger partial charge in [0.1, 0.15) is 0 Å². The molecule has 2 aromatic rings. The van der Waals surface area contributed by atoms with E-state index in [1.165, 1.54) is 11.1 Å². The summed E-state index contributed by atoms with van der Waals surface area (Å²) >= 11 is 0. The summed E-state index contributed by atoms with van der Waals surface area (Å²) in [5, 5.41) is 14.4. The zero-order chi connectivity index (χ0) is 17.7. The fourth-order valence-electron chi connectivity index (χ4n) is 2.35. The van der Waals surface area contributed by atoms with E-state index in [9.17, 15) is 0 Å². The first-order valence-electron chi connectivity index (χ1n) is 7.85. The number of anilines is 2. The third-order valence-electron chi connectivity index (χ3n) is 3.49. The first-order valence-corrected chi connectivity index (χ1v) is 7.85. The van der Waals surface area contributed by atoms with E-state index in [2.05, 4.69) is 52.9 Å². The number of hydrogen-bond donors (Lipinski definition) is 2. The lowest BCUT2D eigenvalue weighted by atomic mass is 10.1. The fourth-order valence-corrected chi connectivity index (χ4v) is 2.35. The Morgan fingerprint density at radius 1 is 1.21 bits per heavy atom. The van der Waals surface area contributed by atoms with E-state index >= 15 is 0 Å². The molecular weight excluding hydrogens is 302 g/mol. The third kappa shape index (κ3) is 4.16. The van der Waals surface area contributed by atoms with E-state index < -0.39 is 0 Å². The Balaban J connectivity index is 2.40. The Morgan fingerprint density at radius 2 is 1.96 bits per heavy atom. The SMILES string of the molecule is C/C=C(\C(=C/N(C)C)Nc1ccc(C)cc1C)c1nnc(NC)o1. The maximum atomic E-state index is 5.63. The van der Waals surface area contributed by atoms with Crippen molar-refractivity contribution in [3.63, 3.8) is 0 Å². The van der Waals surface area contributed by atoms with Crippen LogP contribution in [-0.4, -0.2) is 36.2 Å². The summed E-state index contributed by atoms with van der Waals surface area (Å²) in [7, 11) is 5.70. The second kappa shape index (κ2) is 7.68. The maximum Gasteiger partial charge on any atom is 0.315 e. The predicted octanol–water partition coefficient (Wildman–Crippen LogP) is 3.65. The van der Waals surface area contributed by atoms with Gasteiger partial charge in [0.05, 0.1) is 11.3 Å². The second-order valence-electron chi connectivity index (χ2n) is 5.81. The summed E-state index contributed by atoms with van der Waals surface area (Å²) in [4.78, 5) is 1.98. The highest BCUT2D eigenvalue weighted by Crippen LogP contribution is 2.27. The van der Waals surface area contributed by atoms with Crippen molar-refractivity contribution in [2.75, 3.05) is 31.8 Å². The Hall–Kier alpha value is -2.76. The van der Waals surface area contributed by atoms with Gasteiger partial charge < -0.3 is 20.0 Å². The van der Waals surface area contributed by atoms with Gasteiger partial charge >= 0.3 is 6.01 Å². The van der Waals surface area contributed by atoms with Crippen molar-refractivity contribution in [2.24, 2.45) is 0 Å². The molecule has 1 heterocycles. The van der Waals surface area contributed by atoms with Crippen LogP contribution in [0, 0.1) is 13.8 Å². The zero-order valence-electron chi connectivity index (χ0n) is 15.1. The number of benzene rings is 1. The lowest BCUT2D eigenvalue weighted by Crippen LogP contribution is -2.10. The van der Waals surface area contributed by atoms with Crippen molar-refractivity contribution in [3.8, 4) is 0 Å². The van der Waals surface area contributed by atoms with Crippen molar-refractivity contribution in [3.05, 3.63) is 53.2 Å². The summed E-state index contributed by atoms with van der Waals surface area (Å²) in [6, 6.07) is 6.70. The number of hydrogen-bond acceptors (Lipinski definition) is 6. The molecule has 2 N–H and O–H groups in total. The molecule has 0 radical (unpaired) electrons. The zero-order valence-corrected chi connectivity index (χ0v) is 15.1. The van der Waals surface area contributed by atoms with Crippen LogP contribution in [0.4, 0.5) is 11.7 Å². The molecule has 0 aliphatic heterocycles. The van der Waals surface area contributed by atoms with Gasteiger partial charge in [-0.3, -0.25) is 0 Å². The maximum absolute atomic E-state index is 5.63. The van der Waals surface area contributed by atoms with E-state index in [0.717, 1.165) is 17.0 Å². The molecule has 0 bridgehead atoms. The third-order valence-corrected chi connectivity index (χ3v) is 3.49. The molecule has 6 heteroatoms. The predicted molar refractivity (Wildman–Crippen MR) is 98.8 cm³/mol. The van der Waals surface area contributed by atoms with Gasteiger partial charge in [0.2, 0.25) is 0 Å². The molecule has 0 unspecified atom stereocenters. The number of allylic oxidation sites excluding steroid dienone is 2. The van der Waals surface area contributed by atoms with Crippen LogP contribution in [-0.2, 0) is 0 Å². The number of nitrogens with one attached hydrogen (secondary N) is 2. The Labute approximate surface area is 143 Å². The van der Waals surface area contributed by atoms with Crippen LogP contribution >= 0.6 is 0 Å². The summed E-state index contributed by atoms with van der Waals surface area (Å²) in [6.45, 7) is 6.12. The molecule has 0 aliphatic rings. The average molecular weight is 327 g/mol. The Kier molecular flexibility index (Phi) is 5.63. The number of aryl methyl sites for hydroxylation is 2. The van der Waals surface area contributed by atoms with Crippen LogP contribution in [0.15, 0.2) is 40.6 Å². The molecule has 0 saturated carbocycles. The van der Waals surface area contributed by atoms with Gasteiger partial charge in [-0.1, -0.05) is 28.9 Å². The summed E-state index contributed by atoms with van der Waals surface area (Å²) in [6.07, 6.45) is 3.96. The van der Waals surface area contributed by atoms with E-state index in [1.807, 2.05) is 38.2 Å². The number of aromatic nitrogens is 2. The number of rotatable bonds is 6. The van der Waals surface area contributed by atoms with Gasteiger partial charge in [-0.25, -0.2) is 0 Å². The van der Waals surface area contributed by atoms with Crippen molar-refractivity contribution < 1.29 is 4.42 Å². The molecule has 0 aliphatic carbocycles. The Bertz CT molecular complexity index is 759. The van der Waals surface area contributed by atoms with E-state index in [4.69, 9.17) is 4.42 Å². The van der Waals surface area contributed by atoms with Crippen LogP contribution in [0.2, 0.25) is 0 Å². The molecule has 0 amide bonds. The van der Waals surface area contributed by atoms with Gasteiger partial charge in [-0.2, -0.15) is 0 Å². The largest absolute Gasteiger partial charge is 0.403 e. The molecule has 0 saturated heterocycles. The van der Waals surface area contributed by atoms with Crippen LogP contribution in [0.1, 0.15) is 23.9 Å². The average Bonchev–Trinajstić information content (AvgIpc) is 2.99. The lowest BCUT2D eigenvalue weighted by Gasteiger charge is -2.17. The normalized spacial score (nSPS) is 12.2. The van der Waals surface area contributed by atoms with Crippen molar-refractivity contribution >= 4 is 17.3 Å². The van der Waals surface area contributed by atoms with Crippen LogP contribution in [0.3, 0.4) is 0 Å².